The lowest BCUT2D eigenvalue weighted by Crippen LogP contribution is -2.02. The third-order valence-electron chi connectivity index (χ3n) is 2.68. The Morgan fingerprint density at radius 3 is 2.53 bits per heavy atom. The van der Waals surface area contributed by atoms with Crippen molar-refractivity contribution in [2.75, 3.05) is 13.2 Å². The summed E-state index contributed by atoms with van der Waals surface area (Å²) in [6.07, 6.45) is 3.45. The highest BCUT2D eigenvalue weighted by Crippen LogP contribution is 2.24. The molecule has 0 spiro atoms. The van der Waals surface area contributed by atoms with Crippen molar-refractivity contribution in [1.29, 1.82) is 0 Å². The molecule has 0 aliphatic rings. The molecule has 0 saturated carbocycles. The molecule has 0 fully saturated rings. The van der Waals surface area contributed by atoms with E-state index < -0.39 is 6.10 Å². The van der Waals surface area contributed by atoms with Crippen LogP contribution in [-0.2, 0) is 0 Å². The number of hydrogen-bond acceptors (Lipinski definition) is 3. The second-order valence-electron chi connectivity index (χ2n) is 4.20. The van der Waals surface area contributed by atoms with Crippen molar-refractivity contribution >= 4 is 0 Å². The first-order valence-electron chi connectivity index (χ1n) is 6.26. The van der Waals surface area contributed by atoms with Gasteiger partial charge in [0.05, 0.1) is 12.7 Å². The summed E-state index contributed by atoms with van der Waals surface area (Å²) in [6.45, 7) is 2.67. The largest absolute Gasteiger partial charge is 0.493 e. The van der Waals surface area contributed by atoms with E-state index in [1.54, 1.807) is 6.92 Å². The number of aliphatic hydroxyl groups excluding tert-OH is 2. The molecule has 0 aliphatic carbocycles. The van der Waals surface area contributed by atoms with Crippen LogP contribution in [0, 0.1) is 0 Å². The Balaban J connectivity index is 2.31. The Morgan fingerprint density at radius 2 is 1.82 bits per heavy atom. The molecule has 0 amide bonds. The van der Waals surface area contributed by atoms with Gasteiger partial charge in [-0.1, -0.05) is 24.6 Å². The van der Waals surface area contributed by atoms with Crippen LogP contribution < -0.4 is 4.74 Å². The van der Waals surface area contributed by atoms with Gasteiger partial charge in [-0.3, -0.25) is 0 Å². The minimum Gasteiger partial charge on any atom is -0.493 e. The number of hydrogen-bond donors (Lipinski definition) is 2. The summed E-state index contributed by atoms with van der Waals surface area (Å²) in [4.78, 5) is 0. The normalized spacial score (nSPS) is 12.4. The van der Waals surface area contributed by atoms with E-state index in [9.17, 15) is 5.11 Å². The highest BCUT2D eigenvalue weighted by atomic mass is 16.5. The fourth-order valence-electron chi connectivity index (χ4n) is 1.71. The molecule has 3 nitrogen and oxygen atoms in total. The maximum Gasteiger partial charge on any atom is 0.125 e. The third-order valence-corrected chi connectivity index (χ3v) is 2.68. The maximum absolute atomic E-state index is 9.57. The number of aliphatic hydroxyl groups is 2. The number of ether oxygens (including phenoxy) is 1. The molecular weight excluding hydrogens is 216 g/mol. The summed E-state index contributed by atoms with van der Waals surface area (Å²) in [5.74, 6) is 0.768. The quantitative estimate of drug-likeness (QED) is 0.685. The second-order valence-corrected chi connectivity index (χ2v) is 4.20. The van der Waals surface area contributed by atoms with Gasteiger partial charge in [0.2, 0.25) is 0 Å². The van der Waals surface area contributed by atoms with Crippen LogP contribution in [0.2, 0.25) is 0 Å². The average molecular weight is 238 g/mol. The zero-order valence-electron chi connectivity index (χ0n) is 10.4. The van der Waals surface area contributed by atoms with E-state index >= 15 is 0 Å². The van der Waals surface area contributed by atoms with Gasteiger partial charge in [-0.05, 0) is 32.3 Å². The second kappa shape index (κ2) is 8.09. The Bertz CT molecular complexity index is 310. The van der Waals surface area contributed by atoms with Crippen LogP contribution >= 0.6 is 0 Å². The molecular formula is C14H22O3. The predicted octanol–water partition coefficient (Wildman–Crippen LogP) is 2.67. The van der Waals surface area contributed by atoms with Gasteiger partial charge in [-0.25, -0.2) is 0 Å². The minimum absolute atomic E-state index is 0.270. The molecule has 0 bridgehead atoms. The monoisotopic (exact) mass is 238 g/mol. The van der Waals surface area contributed by atoms with Gasteiger partial charge in [0, 0.05) is 12.2 Å². The smallest absolute Gasteiger partial charge is 0.125 e. The van der Waals surface area contributed by atoms with E-state index in [2.05, 4.69) is 0 Å². The van der Waals surface area contributed by atoms with E-state index in [0.29, 0.717) is 6.61 Å². The predicted molar refractivity (Wildman–Crippen MR) is 68.1 cm³/mol. The summed E-state index contributed by atoms with van der Waals surface area (Å²) < 4.78 is 5.66. The molecule has 1 unspecified atom stereocenters. The van der Waals surface area contributed by atoms with Crippen molar-refractivity contribution < 1.29 is 14.9 Å². The number of benzene rings is 1. The van der Waals surface area contributed by atoms with Crippen molar-refractivity contribution in [3.8, 4) is 5.75 Å². The van der Waals surface area contributed by atoms with Crippen molar-refractivity contribution in [2.24, 2.45) is 0 Å². The van der Waals surface area contributed by atoms with Crippen molar-refractivity contribution in [3.63, 3.8) is 0 Å². The van der Waals surface area contributed by atoms with Gasteiger partial charge in [-0.15, -0.1) is 0 Å². The molecule has 3 heteroatoms. The van der Waals surface area contributed by atoms with Gasteiger partial charge in [0.25, 0.3) is 0 Å². The number of unbranched alkanes of at least 4 members (excludes halogenated alkanes) is 3. The zero-order valence-corrected chi connectivity index (χ0v) is 10.4. The maximum atomic E-state index is 9.57. The molecule has 1 atom stereocenters. The van der Waals surface area contributed by atoms with E-state index in [4.69, 9.17) is 9.84 Å². The van der Waals surface area contributed by atoms with Crippen molar-refractivity contribution in [1.82, 2.24) is 0 Å². The van der Waals surface area contributed by atoms with Crippen molar-refractivity contribution in [3.05, 3.63) is 29.8 Å². The number of para-hydroxylation sites is 1. The van der Waals surface area contributed by atoms with Crippen LogP contribution in [-0.4, -0.2) is 23.4 Å². The SMILES string of the molecule is CC(O)c1ccccc1OCCCCCCO. The molecule has 1 aromatic carbocycles. The van der Waals surface area contributed by atoms with Gasteiger partial charge >= 0.3 is 0 Å². The highest BCUT2D eigenvalue weighted by molar-refractivity contribution is 5.34. The van der Waals surface area contributed by atoms with Crippen molar-refractivity contribution in [2.45, 2.75) is 38.7 Å². The molecule has 0 radical (unpaired) electrons. The Hall–Kier alpha value is -1.06. The lowest BCUT2D eigenvalue weighted by Gasteiger charge is -2.13. The minimum atomic E-state index is -0.499. The summed E-state index contributed by atoms with van der Waals surface area (Å²) in [5, 5.41) is 18.2. The van der Waals surface area contributed by atoms with E-state index in [0.717, 1.165) is 37.0 Å². The van der Waals surface area contributed by atoms with E-state index in [1.165, 1.54) is 0 Å². The zero-order chi connectivity index (χ0) is 12.5. The first kappa shape index (κ1) is 14.0. The standard InChI is InChI=1S/C14H22O3/c1-12(16)13-8-4-5-9-14(13)17-11-7-3-2-6-10-15/h4-5,8-9,12,15-16H,2-3,6-7,10-11H2,1H3. The first-order chi connectivity index (χ1) is 8.25. The van der Waals surface area contributed by atoms with Crippen LogP contribution in [0.5, 0.6) is 5.75 Å². The molecule has 1 aromatic rings. The first-order valence-corrected chi connectivity index (χ1v) is 6.26. The number of rotatable bonds is 8. The van der Waals surface area contributed by atoms with E-state index in [1.807, 2.05) is 24.3 Å². The summed E-state index contributed by atoms with van der Waals surface area (Å²) in [6, 6.07) is 7.57. The third kappa shape index (κ3) is 5.20. The molecule has 0 heterocycles. The summed E-state index contributed by atoms with van der Waals surface area (Å²) in [5.41, 5.74) is 0.836. The van der Waals surface area contributed by atoms with E-state index in [-0.39, 0.29) is 6.61 Å². The molecule has 2 N–H and O–H groups in total. The van der Waals surface area contributed by atoms with Gasteiger partial charge in [-0.2, -0.15) is 0 Å². The fourth-order valence-corrected chi connectivity index (χ4v) is 1.71. The van der Waals surface area contributed by atoms with Crippen LogP contribution in [0.25, 0.3) is 0 Å². The molecule has 96 valence electrons. The summed E-state index contributed by atoms with van der Waals surface area (Å²) >= 11 is 0. The lowest BCUT2D eigenvalue weighted by molar-refractivity contribution is 0.190. The lowest BCUT2D eigenvalue weighted by atomic mass is 10.1. The molecule has 0 aromatic heterocycles. The fraction of sp³-hybridized carbons (Fsp3) is 0.571. The van der Waals surface area contributed by atoms with Crippen LogP contribution in [0.15, 0.2) is 24.3 Å². The van der Waals surface area contributed by atoms with Crippen LogP contribution in [0.4, 0.5) is 0 Å². The van der Waals surface area contributed by atoms with Gasteiger partial charge < -0.3 is 14.9 Å². The Labute approximate surface area is 103 Å². The highest BCUT2D eigenvalue weighted by Gasteiger charge is 2.07. The van der Waals surface area contributed by atoms with Gasteiger partial charge in [0.1, 0.15) is 5.75 Å². The average Bonchev–Trinajstić information content (AvgIpc) is 2.34. The van der Waals surface area contributed by atoms with Crippen LogP contribution in [0.1, 0.15) is 44.3 Å². The Kier molecular flexibility index (Phi) is 6.67. The topological polar surface area (TPSA) is 49.7 Å². The Morgan fingerprint density at radius 1 is 1.12 bits per heavy atom. The molecule has 1 rings (SSSR count). The van der Waals surface area contributed by atoms with Gasteiger partial charge in [0.15, 0.2) is 0 Å². The summed E-state index contributed by atoms with van der Waals surface area (Å²) in [7, 11) is 0. The van der Waals surface area contributed by atoms with Crippen LogP contribution in [0.3, 0.4) is 0 Å². The molecule has 17 heavy (non-hydrogen) atoms. The molecule has 0 saturated heterocycles. The molecule has 0 aliphatic heterocycles.